The Morgan fingerprint density at radius 3 is 2.57 bits per heavy atom. The van der Waals surface area contributed by atoms with E-state index in [1.54, 1.807) is 12.1 Å². The molecule has 0 amide bonds. The van der Waals surface area contributed by atoms with Gasteiger partial charge in [0.15, 0.2) is 0 Å². The van der Waals surface area contributed by atoms with Crippen molar-refractivity contribution in [3.8, 4) is 5.88 Å². The third kappa shape index (κ3) is 5.74. The van der Waals surface area contributed by atoms with Crippen LogP contribution in [-0.2, 0) is 29.2 Å². The molecule has 3 aromatic heterocycles. The van der Waals surface area contributed by atoms with E-state index in [-0.39, 0.29) is 11.7 Å². The second-order valence-corrected chi connectivity index (χ2v) is 11.5. The highest BCUT2D eigenvalue weighted by molar-refractivity contribution is 5.92. The fraction of sp³-hybridized carbons (Fsp3) is 0.438. The Morgan fingerprint density at radius 2 is 1.88 bits per heavy atom. The third-order valence-corrected chi connectivity index (χ3v) is 8.69. The molecule has 1 N–H and O–H groups in total. The molecule has 10 nitrogen and oxygen atoms in total. The van der Waals surface area contributed by atoms with Crippen LogP contribution >= 0.6 is 0 Å². The SMILES string of the molecule is O=C(O)c1ccc2nc(CN3CCC(c4cccc(OCc5ccc(C6COC6)cn5)n4)CC3)n(C[C@@H]3CCO3)c2c1. The van der Waals surface area contributed by atoms with Gasteiger partial charge in [0.05, 0.1) is 54.7 Å². The van der Waals surface area contributed by atoms with Crippen LogP contribution in [0.2, 0.25) is 0 Å². The van der Waals surface area contributed by atoms with Crippen molar-refractivity contribution < 1.29 is 24.1 Å². The number of rotatable bonds is 10. The number of carboxylic acid groups (broad SMARTS) is 1. The van der Waals surface area contributed by atoms with Crippen molar-refractivity contribution in [2.75, 3.05) is 32.9 Å². The van der Waals surface area contributed by atoms with E-state index in [9.17, 15) is 9.90 Å². The van der Waals surface area contributed by atoms with E-state index < -0.39 is 5.97 Å². The van der Waals surface area contributed by atoms with Crippen LogP contribution < -0.4 is 4.74 Å². The Bertz CT molecular complexity index is 1560. The fourth-order valence-corrected chi connectivity index (χ4v) is 5.93. The summed E-state index contributed by atoms with van der Waals surface area (Å²) in [6.07, 6.45) is 5.09. The number of nitrogens with zero attached hydrogens (tertiary/aromatic N) is 5. The van der Waals surface area contributed by atoms with Gasteiger partial charge in [-0.15, -0.1) is 0 Å². The second-order valence-electron chi connectivity index (χ2n) is 11.5. The minimum atomic E-state index is -0.929. The molecule has 218 valence electrons. The Morgan fingerprint density at radius 1 is 1.02 bits per heavy atom. The summed E-state index contributed by atoms with van der Waals surface area (Å²) >= 11 is 0. The molecule has 0 radical (unpaired) electrons. The van der Waals surface area contributed by atoms with Gasteiger partial charge < -0.3 is 23.9 Å². The van der Waals surface area contributed by atoms with Crippen LogP contribution in [0.4, 0.5) is 0 Å². The zero-order chi connectivity index (χ0) is 28.5. The Hall–Kier alpha value is -3.86. The molecule has 7 rings (SSSR count). The molecule has 0 unspecified atom stereocenters. The molecule has 0 bridgehead atoms. The van der Waals surface area contributed by atoms with Gasteiger partial charge in [-0.05, 0) is 68.2 Å². The summed E-state index contributed by atoms with van der Waals surface area (Å²) in [5, 5.41) is 9.51. The second kappa shape index (κ2) is 11.8. The minimum Gasteiger partial charge on any atom is -0.478 e. The predicted molar refractivity (Wildman–Crippen MR) is 155 cm³/mol. The average molecular weight is 570 g/mol. The highest BCUT2D eigenvalue weighted by Crippen LogP contribution is 2.30. The van der Waals surface area contributed by atoms with Crippen LogP contribution in [0.1, 0.15) is 64.2 Å². The topological polar surface area (TPSA) is 112 Å². The zero-order valence-corrected chi connectivity index (χ0v) is 23.5. The van der Waals surface area contributed by atoms with Gasteiger partial charge in [-0.3, -0.25) is 9.88 Å². The largest absolute Gasteiger partial charge is 0.478 e. The van der Waals surface area contributed by atoms with E-state index in [1.807, 2.05) is 30.5 Å². The molecule has 6 heterocycles. The van der Waals surface area contributed by atoms with E-state index >= 15 is 0 Å². The number of likely N-dealkylation sites (tertiary alicyclic amines) is 1. The van der Waals surface area contributed by atoms with Crippen LogP contribution in [0.5, 0.6) is 5.88 Å². The summed E-state index contributed by atoms with van der Waals surface area (Å²) in [4.78, 5) is 28.3. The Labute approximate surface area is 244 Å². The van der Waals surface area contributed by atoms with Crippen molar-refractivity contribution in [2.45, 2.75) is 56.9 Å². The number of fused-ring (bicyclic) bond motifs is 1. The lowest BCUT2D eigenvalue weighted by Gasteiger charge is -2.32. The molecular formula is C32H35N5O5. The summed E-state index contributed by atoms with van der Waals surface area (Å²) in [7, 11) is 0. The first-order valence-electron chi connectivity index (χ1n) is 14.8. The van der Waals surface area contributed by atoms with Crippen LogP contribution in [-0.4, -0.2) is 74.5 Å². The normalized spacial score (nSPS) is 19.9. The van der Waals surface area contributed by atoms with Crippen LogP contribution in [0.25, 0.3) is 11.0 Å². The number of imidazole rings is 1. The molecule has 3 aliphatic rings. The number of hydrogen-bond donors (Lipinski definition) is 1. The lowest BCUT2D eigenvalue weighted by molar-refractivity contribution is -0.0592. The number of aromatic nitrogens is 4. The van der Waals surface area contributed by atoms with Gasteiger partial charge in [0, 0.05) is 36.4 Å². The predicted octanol–water partition coefficient (Wildman–Crippen LogP) is 4.39. The lowest BCUT2D eigenvalue weighted by Crippen LogP contribution is -2.35. The highest BCUT2D eigenvalue weighted by Gasteiger charge is 2.26. The number of piperidine rings is 1. The molecule has 3 saturated heterocycles. The van der Waals surface area contributed by atoms with Crippen molar-refractivity contribution in [3.05, 3.63) is 83.1 Å². The van der Waals surface area contributed by atoms with Gasteiger partial charge in [-0.2, -0.15) is 0 Å². The number of aromatic carboxylic acids is 1. The lowest BCUT2D eigenvalue weighted by atomic mass is 9.93. The Kier molecular flexibility index (Phi) is 7.58. The molecule has 0 saturated carbocycles. The van der Waals surface area contributed by atoms with Gasteiger partial charge in [-0.25, -0.2) is 14.8 Å². The molecule has 3 aliphatic heterocycles. The zero-order valence-electron chi connectivity index (χ0n) is 23.5. The maximum Gasteiger partial charge on any atom is 0.335 e. The van der Waals surface area contributed by atoms with Gasteiger partial charge in [-0.1, -0.05) is 12.1 Å². The summed E-state index contributed by atoms with van der Waals surface area (Å²) in [6, 6.07) is 15.3. The van der Waals surface area contributed by atoms with E-state index in [0.717, 1.165) is 80.4 Å². The quantitative estimate of drug-likeness (QED) is 0.297. The number of ether oxygens (including phenoxy) is 3. The van der Waals surface area contributed by atoms with Crippen LogP contribution in [0.3, 0.4) is 0 Å². The van der Waals surface area contributed by atoms with Crippen molar-refractivity contribution >= 4 is 17.0 Å². The van der Waals surface area contributed by atoms with Gasteiger partial charge in [0.2, 0.25) is 5.88 Å². The monoisotopic (exact) mass is 569 g/mol. The van der Waals surface area contributed by atoms with E-state index in [0.29, 0.717) is 37.4 Å². The number of pyridine rings is 2. The maximum atomic E-state index is 11.6. The summed E-state index contributed by atoms with van der Waals surface area (Å²) in [6.45, 7) is 5.99. The van der Waals surface area contributed by atoms with Crippen molar-refractivity contribution in [1.82, 2.24) is 24.4 Å². The van der Waals surface area contributed by atoms with Crippen LogP contribution in [0.15, 0.2) is 54.7 Å². The maximum absolute atomic E-state index is 11.6. The first-order chi connectivity index (χ1) is 20.6. The van der Waals surface area contributed by atoms with Crippen molar-refractivity contribution in [1.29, 1.82) is 0 Å². The third-order valence-electron chi connectivity index (χ3n) is 8.69. The number of carboxylic acids is 1. The number of benzene rings is 1. The molecular weight excluding hydrogens is 534 g/mol. The summed E-state index contributed by atoms with van der Waals surface area (Å²) < 4.78 is 19.1. The van der Waals surface area contributed by atoms with E-state index in [2.05, 4.69) is 26.6 Å². The molecule has 4 aromatic rings. The van der Waals surface area contributed by atoms with E-state index in [4.69, 9.17) is 24.2 Å². The minimum absolute atomic E-state index is 0.151. The van der Waals surface area contributed by atoms with Crippen LogP contribution in [0, 0.1) is 0 Å². The molecule has 42 heavy (non-hydrogen) atoms. The van der Waals surface area contributed by atoms with Crippen molar-refractivity contribution in [3.63, 3.8) is 0 Å². The van der Waals surface area contributed by atoms with Gasteiger partial charge in [0.25, 0.3) is 0 Å². The van der Waals surface area contributed by atoms with Gasteiger partial charge in [0.1, 0.15) is 12.4 Å². The molecule has 1 aromatic carbocycles. The van der Waals surface area contributed by atoms with Crippen molar-refractivity contribution in [2.24, 2.45) is 0 Å². The Balaban J connectivity index is 0.975. The molecule has 10 heteroatoms. The van der Waals surface area contributed by atoms with Gasteiger partial charge >= 0.3 is 5.97 Å². The standard InChI is InChI=1S/C32H35N5O5/c38-32(39)22-5-7-28-29(14-22)37(16-26-10-13-41-26)30(34-28)17-36-11-8-21(9-12-36)27-2-1-3-31(35-27)42-20-25-6-4-23(15-33-25)24-18-40-19-24/h1-7,14-15,21,24,26H,8-13,16-20H2,(H,38,39)/t26-/m0/s1. The summed E-state index contributed by atoms with van der Waals surface area (Å²) in [5.41, 5.74) is 5.12. The highest BCUT2D eigenvalue weighted by atomic mass is 16.5. The smallest absolute Gasteiger partial charge is 0.335 e. The first kappa shape index (κ1) is 27.0. The van der Waals surface area contributed by atoms with E-state index in [1.165, 1.54) is 5.56 Å². The molecule has 3 fully saturated rings. The first-order valence-corrected chi connectivity index (χ1v) is 14.8. The molecule has 0 aliphatic carbocycles. The average Bonchev–Trinajstić information content (AvgIpc) is 3.30. The molecule has 0 spiro atoms. The summed E-state index contributed by atoms with van der Waals surface area (Å²) in [5.74, 6) is 1.49. The number of hydrogen-bond acceptors (Lipinski definition) is 8. The fourth-order valence-electron chi connectivity index (χ4n) is 5.93. The molecule has 1 atom stereocenters. The number of carbonyl (C=O) groups is 1.